The molecule has 0 aliphatic heterocycles. The van der Waals surface area contributed by atoms with Crippen LogP contribution in [0.5, 0.6) is 0 Å². The van der Waals surface area contributed by atoms with Crippen LogP contribution in [0.25, 0.3) is 0 Å². The van der Waals surface area contributed by atoms with E-state index in [1.807, 2.05) is 0 Å². The quantitative estimate of drug-likeness (QED) is 0.881. The maximum atomic E-state index is 12.8. The number of nitrogens with two attached hydrogens (primary N) is 1. The van der Waals surface area contributed by atoms with E-state index in [4.69, 9.17) is 5.73 Å². The number of Topliss-reactive ketones (excluding diaryl/α,β-unsaturated/α-hetero) is 1. The number of rotatable bonds is 3. The summed E-state index contributed by atoms with van der Waals surface area (Å²) in [6.07, 6.45) is 0.187. The highest BCUT2D eigenvalue weighted by Gasteiger charge is 2.03. The summed E-state index contributed by atoms with van der Waals surface area (Å²) in [7, 11) is 0. The first-order chi connectivity index (χ1) is 6.11. The van der Waals surface area contributed by atoms with Crippen molar-refractivity contribution in [3.63, 3.8) is 0 Å². The second kappa shape index (κ2) is 4.48. The predicted molar refractivity (Wildman–Crippen MR) is 51.9 cm³/mol. The van der Waals surface area contributed by atoms with Gasteiger partial charge in [0.15, 0.2) is 5.78 Å². The Bertz CT molecular complexity index is 307. The Balaban J connectivity index is 2.83. The summed E-state index contributed by atoms with van der Waals surface area (Å²) in [5.74, 6) is -0.452. The largest absolute Gasteiger partial charge is 0.324 e. The molecule has 4 heteroatoms. The zero-order valence-corrected chi connectivity index (χ0v) is 8.47. The topological polar surface area (TPSA) is 43.1 Å². The van der Waals surface area contributed by atoms with E-state index in [1.54, 1.807) is 6.07 Å². The molecule has 0 radical (unpaired) electrons. The van der Waals surface area contributed by atoms with Crippen molar-refractivity contribution in [2.75, 3.05) is 6.54 Å². The van der Waals surface area contributed by atoms with Gasteiger partial charge >= 0.3 is 0 Å². The van der Waals surface area contributed by atoms with Crippen LogP contribution in [0.15, 0.2) is 22.7 Å². The molecule has 70 valence electrons. The van der Waals surface area contributed by atoms with Gasteiger partial charge in [0, 0.05) is 10.9 Å². The molecule has 13 heavy (non-hydrogen) atoms. The monoisotopic (exact) mass is 245 g/mol. The average Bonchev–Trinajstić information content (AvgIpc) is 2.02. The number of hydrogen-bond donors (Lipinski definition) is 1. The van der Waals surface area contributed by atoms with E-state index < -0.39 is 0 Å². The fraction of sp³-hybridized carbons (Fsp3) is 0.222. The molecule has 0 heterocycles. The Hall–Kier alpha value is -0.740. The molecule has 2 N–H and O–H groups in total. The number of hydrogen-bond acceptors (Lipinski definition) is 2. The highest BCUT2D eigenvalue weighted by atomic mass is 79.9. The summed E-state index contributed by atoms with van der Waals surface area (Å²) >= 11 is 3.14. The molecule has 0 aliphatic carbocycles. The average molecular weight is 246 g/mol. The van der Waals surface area contributed by atoms with Gasteiger partial charge in [0.25, 0.3) is 0 Å². The number of ketones is 1. The maximum absolute atomic E-state index is 12.8. The van der Waals surface area contributed by atoms with E-state index in [2.05, 4.69) is 15.9 Å². The van der Waals surface area contributed by atoms with Gasteiger partial charge in [-0.1, -0.05) is 15.9 Å². The van der Waals surface area contributed by atoms with Crippen LogP contribution in [0, 0.1) is 5.82 Å². The molecule has 0 saturated carbocycles. The molecule has 0 unspecified atom stereocenters. The fourth-order valence-corrected chi connectivity index (χ4v) is 1.53. The van der Waals surface area contributed by atoms with Crippen molar-refractivity contribution in [1.82, 2.24) is 0 Å². The number of carbonyl (C=O) groups excluding carboxylic acids is 1. The van der Waals surface area contributed by atoms with Gasteiger partial charge in [0.05, 0.1) is 6.54 Å². The van der Waals surface area contributed by atoms with Crippen LogP contribution >= 0.6 is 15.9 Å². The van der Waals surface area contributed by atoms with Crippen molar-refractivity contribution in [2.24, 2.45) is 5.73 Å². The van der Waals surface area contributed by atoms with Crippen LogP contribution in [-0.2, 0) is 11.2 Å². The molecule has 0 bridgehead atoms. The number of carbonyl (C=O) groups is 1. The molecular formula is C9H9BrFNO. The van der Waals surface area contributed by atoms with Crippen molar-refractivity contribution in [3.8, 4) is 0 Å². The van der Waals surface area contributed by atoms with Crippen molar-refractivity contribution < 1.29 is 9.18 Å². The summed E-state index contributed by atoms with van der Waals surface area (Å²) in [5.41, 5.74) is 5.78. The lowest BCUT2D eigenvalue weighted by molar-refractivity contribution is -0.117. The van der Waals surface area contributed by atoms with Crippen LogP contribution in [0.4, 0.5) is 4.39 Å². The van der Waals surface area contributed by atoms with Gasteiger partial charge in [-0.3, -0.25) is 4.79 Å². The zero-order chi connectivity index (χ0) is 9.84. The Morgan fingerprint density at radius 3 is 2.69 bits per heavy atom. The minimum absolute atomic E-state index is 0.00582. The third kappa shape index (κ3) is 3.24. The van der Waals surface area contributed by atoms with E-state index in [-0.39, 0.29) is 24.6 Å². The summed E-state index contributed by atoms with van der Waals surface area (Å²) in [4.78, 5) is 10.9. The zero-order valence-electron chi connectivity index (χ0n) is 6.89. The molecule has 0 aliphatic rings. The normalized spacial score (nSPS) is 10.1. The summed E-state index contributed by atoms with van der Waals surface area (Å²) in [6.45, 7) is -0.00582. The molecule has 0 amide bonds. The molecular weight excluding hydrogens is 237 g/mol. The lowest BCUT2D eigenvalue weighted by Gasteiger charge is -2.00. The first-order valence-electron chi connectivity index (χ1n) is 3.78. The van der Waals surface area contributed by atoms with Gasteiger partial charge < -0.3 is 5.73 Å². The van der Waals surface area contributed by atoms with Crippen LogP contribution in [0.1, 0.15) is 5.56 Å². The second-order valence-corrected chi connectivity index (χ2v) is 3.61. The lowest BCUT2D eigenvalue weighted by atomic mass is 10.1. The number of halogens is 2. The summed E-state index contributed by atoms with van der Waals surface area (Å²) in [6, 6.07) is 4.38. The number of benzene rings is 1. The maximum Gasteiger partial charge on any atom is 0.150 e. The van der Waals surface area contributed by atoms with E-state index in [0.29, 0.717) is 10.0 Å². The van der Waals surface area contributed by atoms with E-state index in [9.17, 15) is 9.18 Å². The molecule has 1 rings (SSSR count). The highest BCUT2D eigenvalue weighted by Crippen LogP contribution is 2.15. The van der Waals surface area contributed by atoms with Crippen LogP contribution in [-0.4, -0.2) is 12.3 Å². The third-order valence-electron chi connectivity index (χ3n) is 1.55. The third-order valence-corrected chi connectivity index (χ3v) is 2.01. The molecule has 1 aromatic rings. The molecule has 0 atom stereocenters. The van der Waals surface area contributed by atoms with Crippen molar-refractivity contribution >= 4 is 21.7 Å². The molecule has 0 aromatic heterocycles. The Labute approximate surface area is 84.1 Å². The first-order valence-corrected chi connectivity index (χ1v) is 4.58. The second-order valence-electron chi connectivity index (χ2n) is 2.70. The fourth-order valence-electron chi connectivity index (χ4n) is 1.01. The van der Waals surface area contributed by atoms with Gasteiger partial charge in [-0.2, -0.15) is 0 Å². The van der Waals surface area contributed by atoms with Gasteiger partial charge in [0.2, 0.25) is 0 Å². The molecule has 1 aromatic carbocycles. The molecule has 0 saturated heterocycles. The first kappa shape index (κ1) is 10.3. The Morgan fingerprint density at radius 2 is 2.15 bits per heavy atom. The Kier molecular flexibility index (Phi) is 3.57. The minimum Gasteiger partial charge on any atom is -0.324 e. The standard InChI is InChI=1S/C9H9BrFNO/c10-7-1-6(2-8(11)4-7)3-9(13)5-12/h1-2,4H,3,5,12H2. The molecule has 0 fully saturated rings. The summed E-state index contributed by atoms with van der Waals surface area (Å²) < 4.78 is 13.4. The van der Waals surface area contributed by atoms with Gasteiger partial charge in [-0.05, 0) is 23.8 Å². The molecule has 0 spiro atoms. The minimum atomic E-state index is -0.353. The van der Waals surface area contributed by atoms with E-state index >= 15 is 0 Å². The van der Waals surface area contributed by atoms with E-state index in [0.717, 1.165) is 0 Å². The van der Waals surface area contributed by atoms with Gasteiger partial charge in [-0.15, -0.1) is 0 Å². The van der Waals surface area contributed by atoms with Crippen LogP contribution < -0.4 is 5.73 Å². The van der Waals surface area contributed by atoms with E-state index in [1.165, 1.54) is 12.1 Å². The van der Waals surface area contributed by atoms with Crippen LogP contribution in [0.2, 0.25) is 0 Å². The Morgan fingerprint density at radius 1 is 1.46 bits per heavy atom. The summed E-state index contributed by atoms with van der Waals surface area (Å²) in [5, 5.41) is 0. The van der Waals surface area contributed by atoms with Crippen molar-refractivity contribution in [2.45, 2.75) is 6.42 Å². The smallest absolute Gasteiger partial charge is 0.150 e. The highest BCUT2D eigenvalue weighted by molar-refractivity contribution is 9.10. The lowest BCUT2D eigenvalue weighted by Crippen LogP contribution is -2.15. The van der Waals surface area contributed by atoms with Gasteiger partial charge in [-0.25, -0.2) is 4.39 Å². The van der Waals surface area contributed by atoms with Gasteiger partial charge in [0.1, 0.15) is 5.82 Å². The predicted octanol–water partition coefficient (Wildman–Crippen LogP) is 1.66. The van der Waals surface area contributed by atoms with Crippen LogP contribution in [0.3, 0.4) is 0 Å². The molecule has 2 nitrogen and oxygen atoms in total. The van der Waals surface area contributed by atoms with Crippen molar-refractivity contribution in [1.29, 1.82) is 0 Å². The SMILES string of the molecule is NCC(=O)Cc1cc(F)cc(Br)c1. The van der Waals surface area contributed by atoms with Crippen molar-refractivity contribution in [3.05, 3.63) is 34.1 Å².